The van der Waals surface area contributed by atoms with E-state index in [1.54, 1.807) is 0 Å². The molecule has 1 aliphatic carbocycles. The van der Waals surface area contributed by atoms with E-state index in [1.165, 1.54) is 23.9 Å². The molecule has 1 aliphatic heterocycles. The molecule has 2 N–H and O–H groups in total. The van der Waals surface area contributed by atoms with E-state index in [2.05, 4.69) is 33.7 Å². The van der Waals surface area contributed by atoms with Crippen LogP contribution in [0, 0.1) is 0 Å². The molecule has 0 atom stereocenters. The number of nitrogens with one attached hydrogen (secondary N) is 2. The fourth-order valence-corrected chi connectivity index (χ4v) is 3.27. The van der Waals surface area contributed by atoms with E-state index in [-0.39, 0.29) is 5.91 Å². The number of aromatic amines is 1. The molecule has 2 aliphatic rings. The molecular weight excluding hydrogens is 286 g/mol. The van der Waals surface area contributed by atoms with E-state index in [4.69, 9.17) is 0 Å². The number of nitrogens with zero attached hydrogens (tertiary/aromatic N) is 1. The molecule has 4 nitrogen and oxygen atoms in total. The summed E-state index contributed by atoms with van der Waals surface area (Å²) in [5.74, 6) is 0.579. The minimum absolute atomic E-state index is 0.0467. The molecular formula is C19H15N3O. The lowest BCUT2D eigenvalue weighted by atomic mass is 10.0. The number of rotatable bonds is 2. The first-order valence-corrected chi connectivity index (χ1v) is 7.90. The van der Waals surface area contributed by atoms with Crippen LogP contribution in [-0.2, 0) is 4.79 Å². The summed E-state index contributed by atoms with van der Waals surface area (Å²) in [4.78, 5) is 12.2. The van der Waals surface area contributed by atoms with Crippen molar-refractivity contribution in [1.82, 2.24) is 10.2 Å². The number of amides is 1. The van der Waals surface area contributed by atoms with Gasteiger partial charge in [-0.2, -0.15) is 5.10 Å². The fourth-order valence-electron chi connectivity index (χ4n) is 3.27. The minimum Gasteiger partial charge on any atom is -0.321 e. The number of carbonyl (C=O) groups excluding carboxylic acids is 1. The zero-order valence-corrected chi connectivity index (χ0v) is 12.5. The van der Waals surface area contributed by atoms with E-state index in [0.29, 0.717) is 11.5 Å². The van der Waals surface area contributed by atoms with Crippen LogP contribution >= 0.6 is 0 Å². The van der Waals surface area contributed by atoms with Crippen LogP contribution in [0.2, 0.25) is 0 Å². The van der Waals surface area contributed by atoms with Crippen molar-refractivity contribution in [3.8, 4) is 0 Å². The molecule has 1 aromatic heterocycles. The summed E-state index contributed by atoms with van der Waals surface area (Å²) >= 11 is 0. The molecule has 3 aromatic rings. The molecule has 1 fully saturated rings. The zero-order valence-electron chi connectivity index (χ0n) is 12.5. The van der Waals surface area contributed by atoms with Crippen LogP contribution in [0.5, 0.6) is 0 Å². The number of aromatic nitrogens is 2. The van der Waals surface area contributed by atoms with E-state index >= 15 is 0 Å². The number of hydrogen-bond acceptors (Lipinski definition) is 2. The Kier molecular flexibility index (Phi) is 2.50. The number of carbonyl (C=O) groups is 1. The second-order valence-electron chi connectivity index (χ2n) is 6.25. The summed E-state index contributed by atoms with van der Waals surface area (Å²) in [6.45, 7) is 0. The lowest BCUT2D eigenvalue weighted by molar-refractivity contribution is -0.110. The third kappa shape index (κ3) is 1.99. The molecule has 0 spiro atoms. The molecule has 1 amide bonds. The van der Waals surface area contributed by atoms with Crippen molar-refractivity contribution in [3.05, 3.63) is 59.3 Å². The van der Waals surface area contributed by atoms with Gasteiger partial charge < -0.3 is 5.32 Å². The van der Waals surface area contributed by atoms with Crippen molar-refractivity contribution >= 4 is 34.1 Å². The first-order chi connectivity index (χ1) is 11.3. The Morgan fingerprint density at radius 2 is 2.00 bits per heavy atom. The van der Waals surface area contributed by atoms with Crippen LogP contribution in [0.1, 0.15) is 35.6 Å². The molecule has 5 rings (SSSR count). The minimum atomic E-state index is -0.0467. The van der Waals surface area contributed by atoms with Gasteiger partial charge in [0.25, 0.3) is 5.91 Å². The highest BCUT2D eigenvalue weighted by molar-refractivity contribution is 6.34. The van der Waals surface area contributed by atoms with Gasteiger partial charge in [0.1, 0.15) is 0 Å². The topological polar surface area (TPSA) is 57.8 Å². The highest BCUT2D eigenvalue weighted by Crippen LogP contribution is 2.42. The molecule has 0 bridgehead atoms. The molecule has 2 heterocycles. The van der Waals surface area contributed by atoms with Gasteiger partial charge in [-0.05, 0) is 36.6 Å². The predicted octanol–water partition coefficient (Wildman–Crippen LogP) is 3.93. The Balaban J connectivity index is 1.59. The van der Waals surface area contributed by atoms with Gasteiger partial charge in [-0.15, -0.1) is 0 Å². The Labute approximate surface area is 133 Å². The molecule has 2 aromatic carbocycles. The van der Waals surface area contributed by atoms with Gasteiger partial charge in [-0.3, -0.25) is 9.89 Å². The number of anilines is 1. The van der Waals surface area contributed by atoms with Crippen molar-refractivity contribution in [1.29, 1.82) is 0 Å². The Morgan fingerprint density at radius 1 is 1.13 bits per heavy atom. The van der Waals surface area contributed by atoms with E-state index in [1.807, 2.05) is 30.3 Å². The summed E-state index contributed by atoms with van der Waals surface area (Å²) in [5, 5.41) is 11.7. The molecule has 112 valence electrons. The van der Waals surface area contributed by atoms with Crippen molar-refractivity contribution < 1.29 is 4.79 Å². The monoisotopic (exact) mass is 301 g/mol. The maximum atomic E-state index is 12.2. The summed E-state index contributed by atoms with van der Waals surface area (Å²) in [6.07, 6.45) is 4.42. The second-order valence-corrected chi connectivity index (χ2v) is 6.25. The molecule has 0 unspecified atom stereocenters. The smallest absolute Gasteiger partial charge is 0.256 e. The third-order valence-electron chi connectivity index (χ3n) is 4.60. The molecule has 4 heteroatoms. The van der Waals surface area contributed by atoms with Gasteiger partial charge in [0.05, 0.1) is 11.2 Å². The summed E-state index contributed by atoms with van der Waals surface area (Å²) in [6, 6.07) is 14.0. The van der Waals surface area contributed by atoms with Gasteiger partial charge in [0.2, 0.25) is 0 Å². The largest absolute Gasteiger partial charge is 0.321 e. The van der Waals surface area contributed by atoms with Crippen LogP contribution in [0.25, 0.3) is 22.6 Å². The second kappa shape index (κ2) is 4.56. The van der Waals surface area contributed by atoms with Crippen molar-refractivity contribution in [2.45, 2.75) is 18.8 Å². The van der Waals surface area contributed by atoms with Crippen LogP contribution in [0.15, 0.2) is 42.5 Å². The SMILES string of the molecule is O=C1Nc2ccccc2/C1=C\c1ccc2c(C3CC3)n[nH]c2c1. The first-order valence-electron chi connectivity index (χ1n) is 7.90. The van der Waals surface area contributed by atoms with Crippen LogP contribution < -0.4 is 5.32 Å². The van der Waals surface area contributed by atoms with Crippen LogP contribution in [0.3, 0.4) is 0 Å². The highest BCUT2D eigenvalue weighted by atomic mass is 16.2. The summed E-state index contributed by atoms with van der Waals surface area (Å²) in [7, 11) is 0. The van der Waals surface area contributed by atoms with Crippen LogP contribution in [0.4, 0.5) is 5.69 Å². The highest BCUT2D eigenvalue weighted by Gasteiger charge is 2.28. The molecule has 0 radical (unpaired) electrons. The zero-order chi connectivity index (χ0) is 15.4. The van der Waals surface area contributed by atoms with Gasteiger partial charge >= 0.3 is 0 Å². The molecule has 0 saturated heterocycles. The average Bonchev–Trinajstić information content (AvgIpc) is 3.25. The number of benzene rings is 2. The molecule has 1 saturated carbocycles. The maximum absolute atomic E-state index is 12.2. The number of para-hydroxylation sites is 1. The first kappa shape index (κ1) is 12.6. The summed E-state index contributed by atoms with van der Waals surface area (Å²) < 4.78 is 0. The average molecular weight is 301 g/mol. The van der Waals surface area contributed by atoms with Crippen molar-refractivity contribution in [2.24, 2.45) is 0 Å². The van der Waals surface area contributed by atoms with Gasteiger partial charge in [0, 0.05) is 28.1 Å². The van der Waals surface area contributed by atoms with Crippen molar-refractivity contribution in [3.63, 3.8) is 0 Å². The Morgan fingerprint density at radius 3 is 2.87 bits per heavy atom. The lowest BCUT2D eigenvalue weighted by Gasteiger charge is -1.99. The predicted molar refractivity (Wildman–Crippen MR) is 91.0 cm³/mol. The normalized spacial score (nSPS) is 18.4. The van der Waals surface area contributed by atoms with Crippen molar-refractivity contribution in [2.75, 3.05) is 5.32 Å². The van der Waals surface area contributed by atoms with E-state index in [9.17, 15) is 4.79 Å². The van der Waals surface area contributed by atoms with Gasteiger partial charge in [0.15, 0.2) is 0 Å². The maximum Gasteiger partial charge on any atom is 0.256 e. The standard InChI is InChI=1S/C19H15N3O/c23-19-15(13-3-1-2-4-16(13)20-19)9-11-5-8-14-17(10-11)21-22-18(14)12-6-7-12/h1-5,8-10,12H,6-7H2,(H,20,23)(H,21,22)/b15-9+. The fraction of sp³-hybridized carbons (Fsp3) is 0.158. The number of H-pyrrole nitrogens is 1. The van der Waals surface area contributed by atoms with E-state index in [0.717, 1.165) is 22.3 Å². The van der Waals surface area contributed by atoms with Crippen LogP contribution in [-0.4, -0.2) is 16.1 Å². The number of hydrogen-bond donors (Lipinski definition) is 2. The van der Waals surface area contributed by atoms with Gasteiger partial charge in [-0.1, -0.05) is 30.3 Å². The Bertz CT molecular complexity index is 979. The number of fused-ring (bicyclic) bond motifs is 2. The third-order valence-corrected chi connectivity index (χ3v) is 4.60. The summed E-state index contributed by atoms with van der Waals surface area (Å²) in [5.41, 5.74) is 5.77. The van der Waals surface area contributed by atoms with Gasteiger partial charge in [-0.25, -0.2) is 0 Å². The Hall–Kier alpha value is -2.88. The molecule has 23 heavy (non-hydrogen) atoms. The van der Waals surface area contributed by atoms with E-state index < -0.39 is 0 Å². The quantitative estimate of drug-likeness (QED) is 0.705. The lowest BCUT2D eigenvalue weighted by Crippen LogP contribution is -2.03.